The average Bonchev–Trinajstić information content (AvgIpc) is 2.70. The fourth-order valence-corrected chi connectivity index (χ4v) is 3.46. The average molecular weight is 317 g/mol. The van der Waals surface area contributed by atoms with Gasteiger partial charge in [0.25, 0.3) is 0 Å². The maximum atomic E-state index is 12.3. The van der Waals surface area contributed by atoms with E-state index in [-0.39, 0.29) is 33.8 Å². The van der Waals surface area contributed by atoms with E-state index < -0.39 is 0 Å². The van der Waals surface area contributed by atoms with Crippen LogP contribution in [0.25, 0.3) is 0 Å². The molecule has 0 radical (unpaired) electrons. The topological polar surface area (TPSA) is 26.3 Å². The van der Waals surface area contributed by atoms with E-state index in [9.17, 15) is 4.79 Å². The van der Waals surface area contributed by atoms with Crippen molar-refractivity contribution >= 4 is 29.2 Å². The van der Waals surface area contributed by atoms with Gasteiger partial charge in [-0.25, -0.2) is 0 Å². The summed E-state index contributed by atoms with van der Waals surface area (Å²) in [6.45, 7) is 6.26. The molecule has 1 fully saturated rings. The number of ether oxygens (including phenoxy) is 1. The normalized spacial score (nSPS) is 30.6. The van der Waals surface area contributed by atoms with Crippen LogP contribution in [0.3, 0.4) is 0 Å². The lowest BCUT2D eigenvalue weighted by Crippen LogP contribution is -2.18. The van der Waals surface area contributed by atoms with Crippen molar-refractivity contribution in [2.75, 3.05) is 0 Å². The molecule has 4 heteroatoms. The van der Waals surface area contributed by atoms with E-state index in [1.165, 1.54) is 5.57 Å². The van der Waals surface area contributed by atoms with Crippen LogP contribution in [0.2, 0.25) is 0 Å². The smallest absolute Gasteiger partial charge is 0.310 e. The molecule has 0 aromatic heterocycles. The van der Waals surface area contributed by atoms with E-state index in [1.54, 1.807) is 6.08 Å². The summed E-state index contributed by atoms with van der Waals surface area (Å²) in [7, 11) is 0. The van der Waals surface area contributed by atoms with E-state index >= 15 is 0 Å². The molecule has 20 heavy (non-hydrogen) atoms. The molecule has 0 aliphatic heterocycles. The van der Waals surface area contributed by atoms with Gasteiger partial charge in [0.2, 0.25) is 0 Å². The number of carbonyl (C=O) groups is 1. The first-order valence-corrected chi connectivity index (χ1v) is 8.03. The standard InChI is InChI=1S/C16H22Cl2O2/c1-4-5-10-6-7-11(8-10)20-15(19)14-12(9-13(17)18)16(14,2)3/h6,9,11-12,14H,4-5,7-8H2,1-3H3/t11?,12-,14+/m1/s1. The second-order valence-corrected chi connectivity index (χ2v) is 7.40. The van der Waals surface area contributed by atoms with Crippen molar-refractivity contribution in [2.45, 2.75) is 52.6 Å². The molecule has 1 saturated carbocycles. The Balaban J connectivity index is 1.87. The maximum absolute atomic E-state index is 12.3. The van der Waals surface area contributed by atoms with Crippen LogP contribution in [0.4, 0.5) is 0 Å². The van der Waals surface area contributed by atoms with Crippen molar-refractivity contribution in [3.05, 3.63) is 22.2 Å². The van der Waals surface area contributed by atoms with E-state index in [0.717, 1.165) is 25.7 Å². The molecular weight excluding hydrogens is 295 g/mol. The number of halogens is 2. The Morgan fingerprint density at radius 1 is 1.50 bits per heavy atom. The third kappa shape index (κ3) is 3.40. The molecule has 2 aliphatic carbocycles. The Labute approximate surface area is 131 Å². The Hall–Kier alpha value is -0.470. The second kappa shape index (κ2) is 6.11. The van der Waals surface area contributed by atoms with Crippen LogP contribution in [0.15, 0.2) is 22.2 Å². The van der Waals surface area contributed by atoms with Crippen molar-refractivity contribution in [3.63, 3.8) is 0 Å². The lowest BCUT2D eigenvalue weighted by atomic mass is 10.1. The predicted octanol–water partition coefficient (Wildman–Crippen LogP) is 5.01. The van der Waals surface area contributed by atoms with Crippen LogP contribution in [0.5, 0.6) is 0 Å². The van der Waals surface area contributed by atoms with Gasteiger partial charge in [0.15, 0.2) is 0 Å². The molecule has 1 unspecified atom stereocenters. The maximum Gasteiger partial charge on any atom is 0.310 e. The minimum atomic E-state index is -0.120. The Kier molecular flexibility index (Phi) is 4.86. The Bertz CT molecular complexity index is 447. The number of hydrogen-bond acceptors (Lipinski definition) is 2. The summed E-state index contributed by atoms with van der Waals surface area (Å²) in [5.41, 5.74) is 1.31. The molecule has 0 saturated heterocycles. The van der Waals surface area contributed by atoms with Crippen molar-refractivity contribution in [3.8, 4) is 0 Å². The van der Waals surface area contributed by atoms with Crippen LogP contribution in [-0.4, -0.2) is 12.1 Å². The first kappa shape index (κ1) is 15.9. The highest BCUT2D eigenvalue weighted by atomic mass is 35.5. The molecule has 2 nitrogen and oxygen atoms in total. The summed E-state index contributed by atoms with van der Waals surface area (Å²) >= 11 is 11.4. The van der Waals surface area contributed by atoms with Gasteiger partial charge in [-0.2, -0.15) is 0 Å². The molecule has 0 heterocycles. The zero-order valence-electron chi connectivity index (χ0n) is 12.3. The fraction of sp³-hybridized carbons (Fsp3) is 0.688. The van der Waals surface area contributed by atoms with Gasteiger partial charge in [-0.15, -0.1) is 0 Å². The fourth-order valence-electron chi connectivity index (χ4n) is 3.18. The highest BCUT2D eigenvalue weighted by Crippen LogP contribution is 2.60. The summed E-state index contributed by atoms with van der Waals surface area (Å²) in [6.07, 6.45) is 7.99. The third-order valence-electron chi connectivity index (χ3n) is 4.48. The minimum Gasteiger partial charge on any atom is -0.461 e. The predicted molar refractivity (Wildman–Crippen MR) is 82.7 cm³/mol. The van der Waals surface area contributed by atoms with Crippen LogP contribution < -0.4 is 0 Å². The molecular formula is C16H22Cl2O2. The largest absolute Gasteiger partial charge is 0.461 e. The third-order valence-corrected chi connectivity index (χ3v) is 4.74. The zero-order chi connectivity index (χ0) is 14.9. The van der Waals surface area contributed by atoms with Gasteiger partial charge in [-0.1, -0.05) is 62.0 Å². The van der Waals surface area contributed by atoms with Gasteiger partial charge in [0, 0.05) is 12.8 Å². The highest BCUT2D eigenvalue weighted by molar-refractivity contribution is 6.55. The lowest BCUT2D eigenvalue weighted by molar-refractivity contribution is -0.151. The van der Waals surface area contributed by atoms with E-state index in [2.05, 4.69) is 13.0 Å². The molecule has 0 aromatic rings. The SMILES string of the molecule is CCCC1=CCC(OC(=O)[C@@H]2[C@@H](C=C(Cl)Cl)C2(C)C)C1. The van der Waals surface area contributed by atoms with Gasteiger partial charge < -0.3 is 4.74 Å². The summed E-state index contributed by atoms with van der Waals surface area (Å²) in [6, 6.07) is 0. The summed E-state index contributed by atoms with van der Waals surface area (Å²) < 4.78 is 5.88. The lowest BCUT2D eigenvalue weighted by Gasteiger charge is -2.13. The number of hydrogen-bond donors (Lipinski definition) is 0. The number of allylic oxidation sites excluding steroid dienone is 1. The molecule has 3 atom stereocenters. The van der Waals surface area contributed by atoms with Crippen LogP contribution >= 0.6 is 23.2 Å². The van der Waals surface area contributed by atoms with Crippen molar-refractivity contribution < 1.29 is 9.53 Å². The van der Waals surface area contributed by atoms with Crippen molar-refractivity contribution in [1.82, 2.24) is 0 Å². The van der Waals surface area contributed by atoms with Crippen LogP contribution in [-0.2, 0) is 9.53 Å². The first-order chi connectivity index (χ1) is 9.36. The molecule has 0 bridgehead atoms. The number of esters is 1. The molecule has 0 N–H and O–H groups in total. The molecule has 112 valence electrons. The first-order valence-electron chi connectivity index (χ1n) is 7.27. The van der Waals surface area contributed by atoms with Gasteiger partial charge >= 0.3 is 5.97 Å². The summed E-state index contributed by atoms with van der Waals surface area (Å²) in [5, 5.41) is 0. The Morgan fingerprint density at radius 3 is 2.80 bits per heavy atom. The van der Waals surface area contributed by atoms with E-state index in [0.29, 0.717) is 0 Å². The van der Waals surface area contributed by atoms with Crippen LogP contribution in [0.1, 0.15) is 46.5 Å². The summed E-state index contributed by atoms with van der Waals surface area (Å²) in [5.74, 6) is -0.142. The van der Waals surface area contributed by atoms with Gasteiger partial charge in [0.05, 0.1) is 5.92 Å². The summed E-state index contributed by atoms with van der Waals surface area (Å²) in [4.78, 5) is 12.3. The zero-order valence-corrected chi connectivity index (χ0v) is 13.8. The minimum absolute atomic E-state index is 0.0246. The second-order valence-electron chi connectivity index (χ2n) is 6.39. The molecule has 2 rings (SSSR count). The highest BCUT2D eigenvalue weighted by Gasteiger charge is 2.61. The number of rotatable bonds is 5. The Morgan fingerprint density at radius 2 is 2.20 bits per heavy atom. The van der Waals surface area contributed by atoms with Crippen molar-refractivity contribution in [2.24, 2.45) is 17.3 Å². The van der Waals surface area contributed by atoms with E-state index in [1.807, 2.05) is 13.8 Å². The molecule has 2 aliphatic rings. The van der Waals surface area contributed by atoms with Crippen molar-refractivity contribution in [1.29, 1.82) is 0 Å². The number of carbonyl (C=O) groups excluding carboxylic acids is 1. The van der Waals surface area contributed by atoms with Gasteiger partial charge in [0.1, 0.15) is 10.6 Å². The van der Waals surface area contributed by atoms with Crippen LogP contribution in [0, 0.1) is 17.3 Å². The monoisotopic (exact) mass is 316 g/mol. The quantitative estimate of drug-likeness (QED) is 0.526. The molecule has 0 amide bonds. The van der Waals surface area contributed by atoms with Gasteiger partial charge in [-0.3, -0.25) is 4.79 Å². The molecule has 0 spiro atoms. The van der Waals surface area contributed by atoms with E-state index in [4.69, 9.17) is 27.9 Å². The molecule has 0 aromatic carbocycles. The van der Waals surface area contributed by atoms with Gasteiger partial charge in [-0.05, 0) is 23.8 Å².